The smallest absolute Gasteiger partial charge is 0.403 e. The molecule has 2 aliphatic heterocycles. The third-order valence-corrected chi connectivity index (χ3v) is 13.4. The van der Waals surface area contributed by atoms with E-state index >= 15 is 0 Å². The van der Waals surface area contributed by atoms with Gasteiger partial charge in [0.15, 0.2) is 6.17 Å². The summed E-state index contributed by atoms with van der Waals surface area (Å²) in [6.07, 6.45) is 0.956. The quantitative estimate of drug-likeness (QED) is 0.0721. The van der Waals surface area contributed by atoms with Gasteiger partial charge in [0.2, 0.25) is 23.6 Å². The van der Waals surface area contributed by atoms with Crippen molar-refractivity contribution in [1.29, 1.82) is 0 Å². The number of unbranched alkanes of at least 4 members (excludes halogenated alkanes) is 1. The van der Waals surface area contributed by atoms with Crippen LogP contribution in [0.2, 0.25) is 0 Å². The van der Waals surface area contributed by atoms with Crippen molar-refractivity contribution >= 4 is 42.6 Å². The summed E-state index contributed by atoms with van der Waals surface area (Å²) >= 11 is 0. The molecule has 18 nitrogen and oxygen atoms in total. The number of nitrogens with one attached hydrogen (secondary N) is 4. The minimum atomic E-state index is -1.82. The molecule has 0 unspecified atom stereocenters. The van der Waals surface area contributed by atoms with E-state index < -0.39 is 97.1 Å². The number of nitrogens with two attached hydrogens (primary N) is 4. The van der Waals surface area contributed by atoms with Crippen LogP contribution in [-0.4, -0.2) is 113 Å². The predicted octanol–water partition coefficient (Wildman–Crippen LogP) is -0.467. The fourth-order valence-corrected chi connectivity index (χ4v) is 9.58. The highest BCUT2D eigenvalue weighted by Crippen LogP contribution is 2.65. The van der Waals surface area contributed by atoms with Gasteiger partial charge in [-0.15, -0.1) is 0 Å². The number of carbonyl (C=O) groups is 6. The molecule has 7 rings (SSSR count). The number of benzene rings is 2. The van der Waals surface area contributed by atoms with Crippen LogP contribution in [-0.2, 0) is 39.7 Å². The lowest BCUT2D eigenvalue weighted by molar-refractivity contribution is -0.199. The van der Waals surface area contributed by atoms with Crippen LogP contribution < -0.4 is 44.2 Å². The summed E-state index contributed by atoms with van der Waals surface area (Å²) < 4.78 is 12.5. The number of hydrogen-bond acceptors (Lipinski definition) is 12. The molecule has 2 heterocycles. The highest BCUT2D eigenvalue weighted by Gasteiger charge is 2.68. The molecule has 336 valence electrons. The van der Waals surface area contributed by atoms with Crippen LogP contribution >= 0.6 is 0 Å². The third kappa shape index (κ3) is 9.82. The standard InChI is InChI=1S/C43H62BN9O9/c1-6-7-8-23-9-11-24(12-10-23)25-13-15-26(16-14-25)40(60)53-21-28(45)19-30(53)37(57)50-34(22(2)54)38(58)51-35(47)39(59)49-29(20-33(46)55)36(56)52-41(48)44-61-32-18-27-17-31(42(27,3)4)43(32,5)62-44/h9-16,22,27-32,34-35,41,54H,6-8,17-21,45,47-48H2,1-5H3,(H2,46,55)(H,49,59)(H,50,57)(H,51,58)(H,52,56)/t22-,27+,28+,29+,30+,31+,32-,34+,35-,41-,43+/m1/s1. The second-order valence-corrected chi connectivity index (χ2v) is 18.2. The summed E-state index contributed by atoms with van der Waals surface area (Å²) in [6, 6.07) is 9.32. The molecule has 62 heavy (non-hydrogen) atoms. The molecule has 2 saturated heterocycles. The fourth-order valence-electron chi connectivity index (χ4n) is 9.58. The number of likely N-dealkylation sites (tertiary alicyclic amines) is 1. The maximum absolute atomic E-state index is 13.7. The predicted molar refractivity (Wildman–Crippen MR) is 230 cm³/mol. The molecule has 3 saturated carbocycles. The van der Waals surface area contributed by atoms with E-state index in [1.165, 1.54) is 17.4 Å². The molecule has 5 aliphatic rings. The summed E-state index contributed by atoms with van der Waals surface area (Å²) in [4.78, 5) is 80.7. The lowest BCUT2D eigenvalue weighted by Crippen LogP contribution is -2.65. The normalized spacial score (nSPS) is 27.1. The molecule has 3 aliphatic carbocycles. The lowest BCUT2D eigenvalue weighted by Gasteiger charge is -2.64. The zero-order valence-corrected chi connectivity index (χ0v) is 36.1. The van der Waals surface area contributed by atoms with Crippen LogP contribution in [0.5, 0.6) is 0 Å². The number of hydrogen-bond donors (Lipinski definition) is 9. The Morgan fingerprint density at radius 1 is 0.887 bits per heavy atom. The highest BCUT2D eigenvalue weighted by atomic mass is 16.7. The van der Waals surface area contributed by atoms with Crippen LogP contribution in [0, 0.1) is 17.3 Å². The molecule has 2 aromatic carbocycles. The van der Waals surface area contributed by atoms with E-state index in [1.807, 2.05) is 31.2 Å². The second kappa shape index (κ2) is 18.8. The number of aliphatic hydroxyl groups excluding tert-OH is 1. The lowest BCUT2D eigenvalue weighted by atomic mass is 9.43. The van der Waals surface area contributed by atoms with Crippen molar-refractivity contribution in [2.75, 3.05) is 6.54 Å². The molecule has 0 spiro atoms. The first-order valence-electron chi connectivity index (χ1n) is 21.5. The van der Waals surface area contributed by atoms with Crippen LogP contribution in [0.4, 0.5) is 0 Å². The number of primary amides is 1. The number of aliphatic hydroxyl groups is 1. The van der Waals surface area contributed by atoms with Gasteiger partial charge in [-0.25, -0.2) is 0 Å². The molecule has 0 radical (unpaired) electrons. The van der Waals surface area contributed by atoms with Crippen molar-refractivity contribution in [2.24, 2.45) is 40.2 Å². The Kier molecular flexibility index (Phi) is 14.1. The Hall–Kier alpha value is -4.92. The zero-order chi connectivity index (χ0) is 45.3. The summed E-state index contributed by atoms with van der Waals surface area (Å²) in [5.74, 6) is -4.43. The highest BCUT2D eigenvalue weighted by molar-refractivity contribution is 6.47. The molecule has 2 aromatic rings. The van der Waals surface area contributed by atoms with E-state index in [0.29, 0.717) is 11.5 Å². The van der Waals surface area contributed by atoms with Crippen molar-refractivity contribution in [3.63, 3.8) is 0 Å². The molecule has 19 heteroatoms. The largest absolute Gasteiger partial charge is 0.497 e. The van der Waals surface area contributed by atoms with Crippen molar-refractivity contribution in [3.05, 3.63) is 59.7 Å². The Morgan fingerprint density at radius 2 is 1.53 bits per heavy atom. The van der Waals surface area contributed by atoms with E-state index in [9.17, 15) is 33.9 Å². The Morgan fingerprint density at radius 3 is 2.13 bits per heavy atom. The van der Waals surface area contributed by atoms with Gasteiger partial charge in [-0.2, -0.15) is 0 Å². The number of amides is 6. The fraction of sp³-hybridized carbons (Fsp3) is 0.581. The molecular weight excluding hydrogens is 797 g/mol. The average molecular weight is 860 g/mol. The summed E-state index contributed by atoms with van der Waals surface area (Å²) in [6.45, 7) is 9.86. The van der Waals surface area contributed by atoms with E-state index in [2.05, 4.69) is 54.2 Å². The molecule has 11 atom stereocenters. The SMILES string of the molecule is CCCCc1ccc(-c2ccc(C(=O)N3C[C@@H](N)C[C@H]3C(=O)N[C@H](C(=O)N[C@@H](N)C(=O)N[C@@H](CC(N)=O)C(=O)N[C@@H](N)B3O[C@@H]4C[C@@H]5C[C@@H](C5(C)C)[C@]4(C)O3)[C@@H](C)O)cc2)cc1. The van der Waals surface area contributed by atoms with Crippen molar-refractivity contribution in [3.8, 4) is 11.1 Å². The van der Waals surface area contributed by atoms with Gasteiger partial charge in [-0.1, -0.05) is 63.6 Å². The van der Waals surface area contributed by atoms with E-state index in [0.717, 1.165) is 43.2 Å². The maximum Gasteiger partial charge on any atom is 0.497 e. The molecular formula is C43H62BN9O9. The van der Waals surface area contributed by atoms with Crippen molar-refractivity contribution < 1.29 is 43.2 Å². The molecule has 0 aromatic heterocycles. The average Bonchev–Trinajstić information content (AvgIpc) is 3.81. The first-order chi connectivity index (χ1) is 29.2. The van der Waals surface area contributed by atoms with Gasteiger partial charge in [0.25, 0.3) is 11.8 Å². The molecule has 2 bridgehead atoms. The molecule has 6 amide bonds. The number of rotatable bonds is 17. The number of nitrogens with zero attached hydrogens (tertiary/aromatic N) is 1. The number of carbonyl (C=O) groups excluding carboxylic acids is 6. The second-order valence-electron chi connectivity index (χ2n) is 18.2. The van der Waals surface area contributed by atoms with Gasteiger partial charge in [-0.3, -0.25) is 28.8 Å². The van der Waals surface area contributed by atoms with E-state index in [4.69, 9.17) is 32.2 Å². The van der Waals surface area contributed by atoms with Gasteiger partial charge in [0, 0.05) is 18.2 Å². The first kappa shape index (κ1) is 46.6. The molecule has 13 N–H and O–H groups in total. The van der Waals surface area contributed by atoms with Gasteiger partial charge >= 0.3 is 7.12 Å². The summed E-state index contributed by atoms with van der Waals surface area (Å²) in [5, 5.41) is 20.1. The van der Waals surface area contributed by atoms with Gasteiger partial charge in [0.05, 0.1) is 24.2 Å². The Labute approximate surface area is 362 Å². The monoisotopic (exact) mass is 859 g/mol. The minimum Gasteiger partial charge on any atom is -0.403 e. The van der Waals surface area contributed by atoms with Crippen LogP contribution in [0.15, 0.2) is 48.5 Å². The van der Waals surface area contributed by atoms with Crippen LogP contribution in [0.1, 0.15) is 89.1 Å². The van der Waals surface area contributed by atoms with Crippen molar-refractivity contribution in [2.45, 2.75) is 134 Å². The van der Waals surface area contributed by atoms with Gasteiger partial charge < -0.3 is 63.5 Å². The van der Waals surface area contributed by atoms with Crippen LogP contribution in [0.3, 0.4) is 0 Å². The van der Waals surface area contributed by atoms with Gasteiger partial charge in [0.1, 0.15) is 24.2 Å². The topological polar surface area (TPSA) is 297 Å². The van der Waals surface area contributed by atoms with E-state index in [1.54, 1.807) is 12.1 Å². The van der Waals surface area contributed by atoms with E-state index in [-0.39, 0.29) is 30.4 Å². The maximum atomic E-state index is 13.7. The van der Waals surface area contributed by atoms with Crippen LogP contribution in [0.25, 0.3) is 11.1 Å². The zero-order valence-electron chi connectivity index (χ0n) is 36.1. The Bertz CT molecular complexity index is 2000. The molecule has 5 fully saturated rings. The third-order valence-electron chi connectivity index (χ3n) is 13.4. The minimum absolute atomic E-state index is 0.0687. The van der Waals surface area contributed by atoms with Crippen molar-refractivity contribution in [1.82, 2.24) is 26.2 Å². The summed E-state index contributed by atoms with van der Waals surface area (Å²) in [7, 11) is -0.997. The summed E-state index contributed by atoms with van der Waals surface area (Å²) in [5.41, 5.74) is 26.9. The Balaban J connectivity index is 1.03. The first-order valence-corrected chi connectivity index (χ1v) is 21.5. The number of aryl methyl sites for hydroxylation is 1. The van der Waals surface area contributed by atoms with Gasteiger partial charge in [-0.05, 0) is 92.0 Å².